The van der Waals surface area contributed by atoms with Gasteiger partial charge in [-0.05, 0) is 35.4 Å². The molecule has 1 N–H and O–H groups in total. The van der Waals surface area contributed by atoms with Crippen LogP contribution < -0.4 is 5.32 Å². The van der Waals surface area contributed by atoms with Crippen LogP contribution in [0.3, 0.4) is 0 Å². The first kappa shape index (κ1) is 25.0. The third-order valence-electron chi connectivity index (χ3n) is 5.21. The summed E-state index contributed by atoms with van der Waals surface area (Å²) >= 11 is 12.1. The molecule has 1 amide bonds. The van der Waals surface area contributed by atoms with E-state index in [1.807, 2.05) is 12.1 Å². The van der Waals surface area contributed by atoms with Crippen LogP contribution in [-0.4, -0.2) is 70.0 Å². The summed E-state index contributed by atoms with van der Waals surface area (Å²) in [5.41, 5.74) is 1.81. The minimum Gasteiger partial charge on any atom is -0.374 e. The molecule has 1 aliphatic heterocycles. The van der Waals surface area contributed by atoms with Crippen molar-refractivity contribution in [2.45, 2.75) is 24.0 Å². The Morgan fingerprint density at radius 3 is 2.47 bits per heavy atom. The lowest BCUT2D eigenvalue weighted by Crippen LogP contribution is -2.47. The number of ether oxygens (including phenoxy) is 1. The predicted octanol–water partition coefficient (Wildman–Crippen LogP) is 2.80. The number of hydrogen-bond acceptors (Lipinski definition) is 5. The number of amides is 1. The van der Waals surface area contributed by atoms with Crippen LogP contribution in [0.1, 0.15) is 11.1 Å². The number of carbonyl (C=O) groups is 1. The number of nitrogens with one attached hydrogen (secondary N) is 1. The van der Waals surface area contributed by atoms with Crippen molar-refractivity contribution in [3.8, 4) is 0 Å². The molecule has 10 heteroatoms. The van der Waals surface area contributed by atoms with Crippen molar-refractivity contribution < 1.29 is 17.9 Å². The molecule has 1 heterocycles. The standard InChI is InChI=1S/C22H27Cl2N3O4S/c1-26(2)32(29,30)19-6-3-16(4-7-19)12-22(28)25-13-18-15-27(9-10-31-18)14-17-5-8-20(23)21(24)11-17/h3-8,11,18H,9-10,12-15H2,1-2H3,(H,25,28)/t18-/m1/s1. The minimum absolute atomic E-state index is 0.108. The maximum absolute atomic E-state index is 12.4. The van der Waals surface area contributed by atoms with Crippen LogP contribution in [0.15, 0.2) is 47.4 Å². The summed E-state index contributed by atoms with van der Waals surface area (Å²) in [6, 6.07) is 12.0. The molecular formula is C22H27Cl2N3O4S. The van der Waals surface area contributed by atoms with Crippen molar-refractivity contribution in [2.75, 3.05) is 40.3 Å². The zero-order valence-electron chi connectivity index (χ0n) is 18.1. The van der Waals surface area contributed by atoms with Crippen LogP contribution in [0.4, 0.5) is 0 Å². The monoisotopic (exact) mass is 499 g/mol. The average Bonchev–Trinajstić information content (AvgIpc) is 2.75. The maximum Gasteiger partial charge on any atom is 0.242 e. The Bertz CT molecular complexity index is 1050. The van der Waals surface area contributed by atoms with Gasteiger partial charge in [-0.3, -0.25) is 9.69 Å². The molecule has 0 spiro atoms. The molecule has 2 aromatic carbocycles. The number of sulfonamides is 1. The number of halogens is 2. The Kier molecular flexibility index (Phi) is 8.55. The number of benzene rings is 2. The first-order chi connectivity index (χ1) is 15.1. The number of carbonyl (C=O) groups excluding carboxylic acids is 1. The van der Waals surface area contributed by atoms with Gasteiger partial charge >= 0.3 is 0 Å². The van der Waals surface area contributed by atoms with E-state index < -0.39 is 10.0 Å². The van der Waals surface area contributed by atoms with Gasteiger partial charge in [0.2, 0.25) is 15.9 Å². The van der Waals surface area contributed by atoms with Crippen molar-refractivity contribution >= 4 is 39.1 Å². The van der Waals surface area contributed by atoms with Gasteiger partial charge < -0.3 is 10.1 Å². The Morgan fingerprint density at radius 1 is 1.12 bits per heavy atom. The van der Waals surface area contributed by atoms with Crippen LogP contribution in [0, 0.1) is 0 Å². The van der Waals surface area contributed by atoms with E-state index in [2.05, 4.69) is 10.2 Å². The van der Waals surface area contributed by atoms with Crippen LogP contribution in [0.25, 0.3) is 0 Å². The number of nitrogens with zero attached hydrogens (tertiary/aromatic N) is 2. The third-order valence-corrected chi connectivity index (χ3v) is 7.77. The lowest BCUT2D eigenvalue weighted by atomic mass is 10.1. The highest BCUT2D eigenvalue weighted by molar-refractivity contribution is 7.89. The Morgan fingerprint density at radius 2 is 1.81 bits per heavy atom. The largest absolute Gasteiger partial charge is 0.374 e. The van der Waals surface area contributed by atoms with Gasteiger partial charge in [0, 0.05) is 40.3 Å². The molecule has 1 aliphatic rings. The summed E-state index contributed by atoms with van der Waals surface area (Å²) in [7, 11) is -0.518. The minimum atomic E-state index is -3.48. The summed E-state index contributed by atoms with van der Waals surface area (Å²) in [6.45, 7) is 3.21. The zero-order chi connectivity index (χ0) is 23.3. The second-order valence-corrected chi connectivity index (χ2v) is 10.9. The van der Waals surface area contributed by atoms with Gasteiger partial charge in [0.1, 0.15) is 0 Å². The molecule has 1 fully saturated rings. The molecule has 7 nitrogen and oxygen atoms in total. The van der Waals surface area contributed by atoms with Crippen LogP contribution in [0.2, 0.25) is 10.0 Å². The van der Waals surface area contributed by atoms with Gasteiger partial charge in [-0.1, -0.05) is 41.4 Å². The molecule has 0 radical (unpaired) electrons. The summed E-state index contributed by atoms with van der Waals surface area (Å²) in [4.78, 5) is 14.8. The topological polar surface area (TPSA) is 79.0 Å². The van der Waals surface area contributed by atoms with Gasteiger partial charge in [-0.25, -0.2) is 12.7 Å². The second-order valence-electron chi connectivity index (χ2n) is 7.89. The first-order valence-electron chi connectivity index (χ1n) is 10.2. The summed E-state index contributed by atoms with van der Waals surface area (Å²) < 4.78 is 31.2. The summed E-state index contributed by atoms with van der Waals surface area (Å²) in [5, 5.41) is 3.98. The molecule has 0 aliphatic carbocycles. The van der Waals surface area contributed by atoms with Crippen molar-refractivity contribution in [1.82, 2.24) is 14.5 Å². The van der Waals surface area contributed by atoms with Gasteiger partial charge in [0.25, 0.3) is 0 Å². The molecule has 0 aromatic heterocycles. The number of hydrogen-bond donors (Lipinski definition) is 1. The fourth-order valence-corrected chi connectivity index (χ4v) is 4.63. The second kappa shape index (κ2) is 11.0. The Labute approximate surface area is 199 Å². The van der Waals surface area contributed by atoms with Gasteiger partial charge in [-0.2, -0.15) is 0 Å². The molecule has 0 saturated carbocycles. The van der Waals surface area contributed by atoms with E-state index in [9.17, 15) is 13.2 Å². The third kappa shape index (κ3) is 6.66. The van der Waals surface area contributed by atoms with E-state index >= 15 is 0 Å². The maximum atomic E-state index is 12.4. The van der Waals surface area contributed by atoms with E-state index in [4.69, 9.17) is 27.9 Å². The highest BCUT2D eigenvalue weighted by Crippen LogP contribution is 2.23. The van der Waals surface area contributed by atoms with Gasteiger partial charge in [0.15, 0.2) is 0 Å². The van der Waals surface area contributed by atoms with E-state index in [1.54, 1.807) is 18.2 Å². The molecule has 0 unspecified atom stereocenters. The van der Waals surface area contributed by atoms with Crippen molar-refractivity contribution in [3.63, 3.8) is 0 Å². The molecule has 1 saturated heterocycles. The lowest BCUT2D eigenvalue weighted by molar-refractivity contribution is -0.121. The highest BCUT2D eigenvalue weighted by atomic mass is 35.5. The van der Waals surface area contributed by atoms with E-state index in [-0.39, 0.29) is 23.3 Å². The number of rotatable bonds is 8. The average molecular weight is 500 g/mol. The van der Waals surface area contributed by atoms with E-state index in [0.717, 1.165) is 28.5 Å². The molecule has 1 atom stereocenters. The van der Waals surface area contributed by atoms with Crippen molar-refractivity contribution in [1.29, 1.82) is 0 Å². The molecule has 174 valence electrons. The Balaban J connectivity index is 1.47. The fraction of sp³-hybridized carbons (Fsp3) is 0.409. The molecule has 3 rings (SSSR count). The smallest absolute Gasteiger partial charge is 0.242 e. The molecule has 32 heavy (non-hydrogen) atoms. The van der Waals surface area contributed by atoms with Gasteiger partial charge in [0.05, 0.1) is 34.1 Å². The van der Waals surface area contributed by atoms with Crippen LogP contribution in [0.5, 0.6) is 0 Å². The zero-order valence-corrected chi connectivity index (χ0v) is 20.4. The van der Waals surface area contributed by atoms with Crippen molar-refractivity contribution in [3.05, 3.63) is 63.6 Å². The number of morpholine rings is 1. The quantitative estimate of drug-likeness (QED) is 0.603. The first-order valence-corrected chi connectivity index (χ1v) is 12.4. The summed E-state index contributed by atoms with van der Waals surface area (Å²) in [5.74, 6) is -0.140. The molecular weight excluding hydrogens is 473 g/mol. The lowest BCUT2D eigenvalue weighted by Gasteiger charge is -2.33. The predicted molar refractivity (Wildman–Crippen MR) is 126 cm³/mol. The van der Waals surface area contributed by atoms with Crippen LogP contribution in [-0.2, 0) is 32.5 Å². The fourth-order valence-electron chi connectivity index (χ4n) is 3.41. The summed E-state index contributed by atoms with van der Waals surface area (Å²) in [6.07, 6.45) is 0.0604. The van der Waals surface area contributed by atoms with Crippen LogP contribution >= 0.6 is 23.2 Å². The van der Waals surface area contributed by atoms with Gasteiger partial charge in [-0.15, -0.1) is 0 Å². The van der Waals surface area contributed by atoms with E-state index in [0.29, 0.717) is 29.7 Å². The van der Waals surface area contributed by atoms with E-state index in [1.165, 1.54) is 26.2 Å². The molecule has 2 aromatic rings. The normalized spacial score (nSPS) is 17.5. The van der Waals surface area contributed by atoms with Crippen molar-refractivity contribution in [2.24, 2.45) is 0 Å². The Hall–Kier alpha value is -1.68. The molecule has 0 bridgehead atoms. The highest BCUT2D eigenvalue weighted by Gasteiger charge is 2.22. The SMILES string of the molecule is CN(C)S(=O)(=O)c1ccc(CC(=O)NC[C@@H]2CN(Cc3ccc(Cl)c(Cl)c3)CCO2)cc1.